The van der Waals surface area contributed by atoms with Gasteiger partial charge in [0.1, 0.15) is 15.4 Å². The number of thiophene rings is 1. The number of hydrogen-bond donors (Lipinski definition) is 2. The van der Waals surface area contributed by atoms with E-state index in [0.29, 0.717) is 11.0 Å². The van der Waals surface area contributed by atoms with Gasteiger partial charge in [-0.15, -0.1) is 11.3 Å². The Labute approximate surface area is 130 Å². The number of hydrogen-bond acceptors (Lipinski definition) is 6. The maximum Gasteiger partial charge on any atom is 0.350 e. The maximum absolute atomic E-state index is 12.5. The Bertz CT molecular complexity index is 943. The number of methoxy groups -OCH3 is 1. The van der Waals surface area contributed by atoms with Gasteiger partial charge >= 0.3 is 5.97 Å². The van der Waals surface area contributed by atoms with Gasteiger partial charge in [0.15, 0.2) is 0 Å². The van der Waals surface area contributed by atoms with Gasteiger partial charge in [0.05, 0.1) is 12.8 Å². The molecule has 0 aliphatic heterocycles. The summed E-state index contributed by atoms with van der Waals surface area (Å²) in [5, 5.41) is 2.09. The first kappa shape index (κ1) is 14.5. The SMILES string of the molecule is COC(=O)c1sccc1NS(=O)(=O)c1c[nH]c2ncccc12. The molecule has 0 saturated heterocycles. The lowest BCUT2D eigenvalue weighted by Gasteiger charge is -2.07. The molecule has 0 aliphatic rings. The van der Waals surface area contributed by atoms with Crippen molar-refractivity contribution in [3.05, 3.63) is 40.8 Å². The summed E-state index contributed by atoms with van der Waals surface area (Å²) in [5.74, 6) is -0.590. The Morgan fingerprint density at radius 3 is 3.00 bits per heavy atom. The lowest BCUT2D eigenvalue weighted by molar-refractivity contribution is 0.0607. The first-order chi connectivity index (χ1) is 10.5. The standard InChI is InChI=1S/C13H11N3O4S2/c1-20-13(17)11-9(4-6-21-11)16-22(18,19)10-7-15-12-8(10)3-2-5-14-12/h2-7,16H,1H3,(H,14,15). The van der Waals surface area contributed by atoms with Crippen molar-refractivity contribution >= 4 is 44.1 Å². The van der Waals surface area contributed by atoms with E-state index in [4.69, 9.17) is 0 Å². The molecule has 3 aromatic heterocycles. The number of pyridine rings is 1. The predicted octanol–water partition coefficient (Wildman–Crippen LogP) is 2.21. The number of nitrogens with one attached hydrogen (secondary N) is 2. The van der Waals surface area contributed by atoms with Crippen LogP contribution in [-0.2, 0) is 14.8 Å². The van der Waals surface area contributed by atoms with Crippen LogP contribution in [0.3, 0.4) is 0 Å². The Morgan fingerprint density at radius 1 is 1.41 bits per heavy atom. The van der Waals surface area contributed by atoms with Crippen molar-refractivity contribution in [2.24, 2.45) is 0 Å². The van der Waals surface area contributed by atoms with E-state index in [1.54, 1.807) is 23.7 Å². The quantitative estimate of drug-likeness (QED) is 0.711. The molecule has 0 radical (unpaired) electrons. The van der Waals surface area contributed by atoms with Gasteiger partial charge < -0.3 is 9.72 Å². The lowest BCUT2D eigenvalue weighted by Crippen LogP contribution is -2.14. The summed E-state index contributed by atoms with van der Waals surface area (Å²) in [4.78, 5) is 18.7. The fourth-order valence-corrected chi connectivity index (χ4v) is 4.06. The van der Waals surface area contributed by atoms with Crippen LogP contribution in [-0.4, -0.2) is 31.5 Å². The Hall–Kier alpha value is -2.39. The van der Waals surface area contributed by atoms with Gasteiger partial charge in [-0.3, -0.25) is 4.72 Å². The van der Waals surface area contributed by atoms with Crippen LogP contribution in [0.2, 0.25) is 0 Å². The highest BCUT2D eigenvalue weighted by atomic mass is 32.2. The normalized spacial score (nSPS) is 11.5. The number of carbonyl (C=O) groups is 1. The van der Waals surface area contributed by atoms with E-state index >= 15 is 0 Å². The molecule has 0 spiro atoms. The van der Waals surface area contributed by atoms with Crippen molar-refractivity contribution in [3.8, 4) is 0 Å². The van der Waals surface area contributed by atoms with E-state index in [1.807, 2.05) is 0 Å². The summed E-state index contributed by atoms with van der Waals surface area (Å²) in [6.45, 7) is 0. The predicted molar refractivity (Wildman–Crippen MR) is 82.6 cm³/mol. The van der Waals surface area contributed by atoms with Crippen molar-refractivity contribution < 1.29 is 17.9 Å². The highest BCUT2D eigenvalue weighted by molar-refractivity contribution is 7.93. The van der Waals surface area contributed by atoms with E-state index in [9.17, 15) is 13.2 Å². The average Bonchev–Trinajstić information content (AvgIpc) is 3.12. The summed E-state index contributed by atoms with van der Waals surface area (Å²) in [5.41, 5.74) is 0.663. The Morgan fingerprint density at radius 2 is 2.23 bits per heavy atom. The third-order valence-corrected chi connectivity index (χ3v) is 5.28. The minimum atomic E-state index is -3.85. The van der Waals surface area contributed by atoms with E-state index in [2.05, 4.69) is 19.4 Å². The zero-order valence-corrected chi connectivity index (χ0v) is 13.0. The maximum atomic E-state index is 12.5. The van der Waals surface area contributed by atoms with Gasteiger partial charge in [-0.05, 0) is 23.6 Å². The molecule has 9 heteroatoms. The molecule has 0 bridgehead atoms. The van der Waals surface area contributed by atoms with Gasteiger partial charge in [0, 0.05) is 17.8 Å². The molecule has 3 aromatic rings. The first-order valence-corrected chi connectivity index (χ1v) is 8.50. The third kappa shape index (κ3) is 2.44. The lowest BCUT2D eigenvalue weighted by atomic mass is 10.3. The molecule has 0 amide bonds. The second-order valence-electron chi connectivity index (χ2n) is 4.31. The highest BCUT2D eigenvalue weighted by Gasteiger charge is 2.23. The highest BCUT2D eigenvalue weighted by Crippen LogP contribution is 2.28. The topological polar surface area (TPSA) is 101 Å². The zero-order chi connectivity index (χ0) is 15.7. The molecule has 0 saturated carbocycles. The van der Waals surface area contributed by atoms with Crippen LogP contribution in [0.25, 0.3) is 11.0 Å². The molecule has 0 unspecified atom stereocenters. The fourth-order valence-electron chi connectivity index (χ4n) is 1.99. The molecule has 22 heavy (non-hydrogen) atoms. The number of nitrogens with zero attached hydrogens (tertiary/aromatic N) is 1. The van der Waals surface area contributed by atoms with E-state index in [0.717, 1.165) is 11.3 Å². The molecule has 7 nitrogen and oxygen atoms in total. The van der Waals surface area contributed by atoms with Crippen molar-refractivity contribution in [1.29, 1.82) is 0 Å². The molecular weight excluding hydrogens is 326 g/mol. The molecule has 3 heterocycles. The third-order valence-electron chi connectivity index (χ3n) is 2.98. The molecule has 114 valence electrons. The number of rotatable bonds is 4. The van der Waals surface area contributed by atoms with Crippen molar-refractivity contribution in [3.63, 3.8) is 0 Å². The Kier molecular flexibility index (Phi) is 3.59. The van der Waals surface area contributed by atoms with Crippen LogP contribution in [0.1, 0.15) is 9.67 Å². The number of sulfonamides is 1. The minimum absolute atomic E-state index is 0.0672. The number of ether oxygens (including phenoxy) is 1. The summed E-state index contributed by atoms with van der Waals surface area (Å²) < 4.78 is 32.1. The number of fused-ring (bicyclic) bond motifs is 1. The minimum Gasteiger partial charge on any atom is -0.465 e. The summed E-state index contributed by atoms with van der Waals surface area (Å²) >= 11 is 1.10. The molecule has 0 fully saturated rings. The number of aromatic amines is 1. The van der Waals surface area contributed by atoms with Crippen LogP contribution >= 0.6 is 11.3 Å². The number of carbonyl (C=O) groups excluding carboxylic acids is 1. The van der Waals surface area contributed by atoms with Crippen LogP contribution in [0.4, 0.5) is 5.69 Å². The summed E-state index contributed by atoms with van der Waals surface area (Å²) in [6.07, 6.45) is 2.93. The van der Waals surface area contributed by atoms with Gasteiger partial charge in [-0.1, -0.05) is 0 Å². The number of esters is 1. The zero-order valence-electron chi connectivity index (χ0n) is 11.4. The van der Waals surface area contributed by atoms with Crippen molar-refractivity contribution in [2.45, 2.75) is 4.90 Å². The van der Waals surface area contributed by atoms with Gasteiger partial charge in [0.25, 0.3) is 10.0 Å². The number of H-pyrrole nitrogens is 1. The summed E-state index contributed by atoms with van der Waals surface area (Å²) in [6, 6.07) is 4.82. The van der Waals surface area contributed by atoms with E-state index < -0.39 is 16.0 Å². The Balaban J connectivity index is 2.01. The summed E-state index contributed by atoms with van der Waals surface area (Å²) in [7, 11) is -2.61. The van der Waals surface area contributed by atoms with Crippen LogP contribution in [0, 0.1) is 0 Å². The van der Waals surface area contributed by atoms with E-state index in [-0.39, 0.29) is 15.5 Å². The largest absolute Gasteiger partial charge is 0.465 e. The van der Waals surface area contributed by atoms with E-state index in [1.165, 1.54) is 19.4 Å². The van der Waals surface area contributed by atoms with Gasteiger partial charge in [-0.2, -0.15) is 0 Å². The molecule has 0 atom stereocenters. The van der Waals surface area contributed by atoms with Crippen LogP contribution < -0.4 is 4.72 Å². The molecule has 0 aromatic carbocycles. The second-order valence-corrected chi connectivity index (χ2v) is 6.88. The van der Waals surface area contributed by atoms with Crippen molar-refractivity contribution in [2.75, 3.05) is 11.8 Å². The smallest absolute Gasteiger partial charge is 0.350 e. The fraction of sp³-hybridized carbons (Fsp3) is 0.0769. The van der Waals surface area contributed by atoms with Gasteiger partial charge in [0.2, 0.25) is 0 Å². The molecule has 0 aliphatic carbocycles. The average molecular weight is 337 g/mol. The monoisotopic (exact) mass is 337 g/mol. The number of anilines is 1. The van der Waals surface area contributed by atoms with Crippen molar-refractivity contribution in [1.82, 2.24) is 9.97 Å². The second kappa shape index (κ2) is 5.43. The number of aromatic nitrogens is 2. The first-order valence-electron chi connectivity index (χ1n) is 6.13. The molecular formula is C13H11N3O4S2. The van der Waals surface area contributed by atoms with Crippen LogP contribution in [0.15, 0.2) is 40.9 Å². The molecule has 2 N–H and O–H groups in total. The van der Waals surface area contributed by atoms with Gasteiger partial charge in [-0.25, -0.2) is 18.2 Å². The molecule has 3 rings (SSSR count). The van der Waals surface area contributed by atoms with Crippen LogP contribution in [0.5, 0.6) is 0 Å².